The normalized spacial score (nSPS) is 12.4. The second-order valence-corrected chi connectivity index (χ2v) is 4.84. The number of aliphatic hydroxyl groups is 1. The van der Waals surface area contributed by atoms with Gasteiger partial charge in [0, 0.05) is 24.4 Å². The lowest BCUT2D eigenvalue weighted by Crippen LogP contribution is -2.09. The van der Waals surface area contributed by atoms with E-state index in [4.69, 9.17) is 11.6 Å². The Labute approximate surface area is 117 Å². The molecule has 1 N–H and O–H groups in total. The van der Waals surface area contributed by atoms with Crippen LogP contribution in [0.25, 0.3) is 0 Å². The molecule has 100 valence electrons. The summed E-state index contributed by atoms with van der Waals surface area (Å²) in [6.45, 7) is 3.86. The van der Waals surface area contributed by atoms with Gasteiger partial charge in [0.2, 0.25) is 0 Å². The van der Waals surface area contributed by atoms with Crippen LogP contribution in [-0.2, 0) is 12.8 Å². The van der Waals surface area contributed by atoms with E-state index in [2.05, 4.69) is 15.2 Å². The largest absolute Gasteiger partial charge is 0.388 e. The van der Waals surface area contributed by atoms with Crippen molar-refractivity contribution in [1.29, 1.82) is 0 Å². The third-order valence-electron chi connectivity index (χ3n) is 2.99. The Kier molecular flexibility index (Phi) is 4.45. The number of hydrogen-bond donors (Lipinski definition) is 1. The summed E-state index contributed by atoms with van der Waals surface area (Å²) in [5.74, 6) is 0. The van der Waals surface area contributed by atoms with Gasteiger partial charge in [0.25, 0.3) is 0 Å². The van der Waals surface area contributed by atoms with Crippen molar-refractivity contribution in [3.63, 3.8) is 0 Å². The summed E-state index contributed by atoms with van der Waals surface area (Å²) in [5.41, 5.74) is 3.32. The molecule has 4 nitrogen and oxygen atoms in total. The van der Waals surface area contributed by atoms with Gasteiger partial charge in [-0.05, 0) is 31.0 Å². The molecule has 19 heavy (non-hydrogen) atoms. The minimum atomic E-state index is -0.635. The first-order valence-corrected chi connectivity index (χ1v) is 6.59. The average Bonchev–Trinajstić information content (AvgIpc) is 2.41. The van der Waals surface area contributed by atoms with E-state index in [-0.39, 0.29) is 0 Å². The van der Waals surface area contributed by atoms with Gasteiger partial charge in [0.15, 0.2) is 0 Å². The van der Waals surface area contributed by atoms with E-state index in [9.17, 15) is 5.11 Å². The van der Waals surface area contributed by atoms with Crippen molar-refractivity contribution >= 4 is 11.6 Å². The molecule has 2 rings (SSSR count). The Morgan fingerprint density at radius 1 is 1.37 bits per heavy atom. The summed E-state index contributed by atoms with van der Waals surface area (Å²) >= 11 is 6.06. The Morgan fingerprint density at radius 2 is 2.16 bits per heavy atom. The van der Waals surface area contributed by atoms with Crippen molar-refractivity contribution in [2.24, 2.45) is 0 Å². The van der Waals surface area contributed by atoms with Crippen molar-refractivity contribution in [1.82, 2.24) is 15.2 Å². The molecule has 0 aliphatic carbocycles. The fraction of sp³-hybridized carbons (Fsp3) is 0.357. The lowest BCUT2D eigenvalue weighted by molar-refractivity contribution is 0.176. The van der Waals surface area contributed by atoms with E-state index in [1.807, 2.05) is 26.0 Å². The molecule has 2 aromatic rings. The Balaban J connectivity index is 2.27. The van der Waals surface area contributed by atoms with Crippen LogP contribution >= 0.6 is 11.6 Å². The molecule has 0 spiro atoms. The zero-order valence-corrected chi connectivity index (χ0v) is 11.7. The lowest BCUT2D eigenvalue weighted by atomic mass is 9.99. The molecule has 2 aromatic heterocycles. The first-order valence-electron chi connectivity index (χ1n) is 6.21. The molecule has 1 unspecified atom stereocenters. The van der Waals surface area contributed by atoms with Crippen LogP contribution in [-0.4, -0.2) is 20.3 Å². The van der Waals surface area contributed by atoms with Crippen molar-refractivity contribution in [3.8, 4) is 0 Å². The molecule has 0 radical (unpaired) electrons. The number of aryl methyl sites for hydroxylation is 2. The first-order chi connectivity index (χ1) is 9.11. The third-order valence-corrected chi connectivity index (χ3v) is 3.33. The number of aromatic nitrogens is 3. The highest BCUT2D eigenvalue weighted by atomic mass is 35.5. The summed E-state index contributed by atoms with van der Waals surface area (Å²) in [6.07, 6.45) is 3.80. The lowest BCUT2D eigenvalue weighted by Gasteiger charge is -2.15. The smallest absolute Gasteiger partial charge is 0.0849 e. The fourth-order valence-electron chi connectivity index (χ4n) is 1.99. The van der Waals surface area contributed by atoms with Crippen molar-refractivity contribution in [2.75, 3.05) is 0 Å². The molecule has 2 heterocycles. The van der Waals surface area contributed by atoms with Crippen LogP contribution in [0, 0.1) is 6.92 Å². The van der Waals surface area contributed by atoms with Gasteiger partial charge in [-0.1, -0.05) is 18.5 Å². The quantitative estimate of drug-likeness (QED) is 0.933. The van der Waals surface area contributed by atoms with Crippen LogP contribution in [0.15, 0.2) is 24.5 Å². The molecule has 0 bridgehead atoms. The molecule has 0 fully saturated rings. The van der Waals surface area contributed by atoms with E-state index in [1.54, 1.807) is 12.4 Å². The van der Waals surface area contributed by atoms with Gasteiger partial charge in [-0.25, -0.2) is 0 Å². The number of pyridine rings is 1. The summed E-state index contributed by atoms with van der Waals surface area (Å²) in [6, 6.07) is 3.70. The highest BCUT2D eigenvalue weighted by Gasteiger charge is 2.15. The van der Waals surface area contributed by atoms with Gasteiger partial charge in [-0.3, -0.25) is 4.98 Å². The van der Waals surface area contributed by atoms with Crippen LogP contribution in [0.3, 0.4) is 0 Å². The summed E-state index contributed by atoms with van der Waals surface area (Å²) in [4.78, 5) is 3.94. The van der Waals surface area contributed by atoms with Crippen molar-refractivity contribution < 1.29 is 5.11 Å². The zero-order chi connectivity index (χ0) is 13.8. The zero-order valence-electron chi connectivity index (χ0n) is 11.0. The van der Waals surface area contributed by atoms with Gasteiger partial charge >= 0.3 is 0 Å². The maximum Gasteiger partial charge on any atom is 0.0849 e. The molecule has 1 atom stereocenters. The minimum absolute atomic E-state index is 0.444. The predicted molar refractivity (Wildman–Crippen MR) is 74.1 cm³/mol. The molecular formula is C14H16ClN3O. The first kappa shape index (κ1) is 13.9. The van der Waals surface area contributed by atoms with Crippen molar-refractivity contribution in [3.05, 3.63) is 52.1 Å². The Hall–Kier alpha value is -1.52. The predicted octanol–water partition coefficient (Wildman–Crippen LogP) is 2.67. The second-order valence-electron chi connectivity index (χ2n) is 4.43. The number of aliphatic hydroxyl groups excluding tert-OH is 1. The highest BCUT2D eigenvalue weighted by Crippen LogP contribution is 2.24. The molecule has 0 aliphatic heterocycles. The standard InChI is InChI=1S/C14H16ClN3O/c1-3-13-11(6-9(2)17-18-13)14(19)7-10-4-5-16-8-12(10)15/h4-6,8,14,19H,3,7H2,1-2H3. The van der Waals surface area contributed by atoms with Crippen LogP contribution < -0.4 is 0 Å². The topological polar surface area (TPSA) is 58.9 Å². The van der Waals surface area contributed by atoms with Gasteiger partial charge in [0.05, 0.1) is 22.5 Å². The van der Waals surface area contributed by atoms with Crippen molar-refractivity contribution in [2.45, 2.75) is 32.8 Å². The summed E-state index contributed by atoms with van der Waals surface area (Å²) < 4.78 is 0. The third kappa shape index (κ3) is 3.28. The highest BCUT2D eigenvalue weighted by molar-refractivity contribution is 6.31. The number of rotatable bonds is 4. The van der Waals surface area contributed by atoms with E-state index >= 15 is 0 Å². The van der Waals surface area contributed by atoms with Crippen LogP contribution in [0.2, 0.25) is 5.02 Å². The van der Waals surface area contributed by atoms with E-state index in [0.29, 0.717) is 11.4 Å². The molecule has 0 saturated heterocycles. The monoisotopic (exact) mass is 277 g/mol. The fourth-order valence-corrected chi connectivity index (χ4v) is 2.18. The Morgan fingerprint density at radius 3 is 2.84 bits per heavy atom. The number of halogens is 1. The van der Waals surface area contributed by atoms with Gasteiger partial charge < -0.3 is 5.11 Å². The minimum Gasteiger partial charge on any atom is -0.388 e. The average molecular weight is 278 g/mol. The Bertz CT molecular complexity index is 574. The maximum absolute atomic E-state index is 10.4. The summed E-state index contributed by atoms with van der Waals surface area (Å²) in [5, 5.41) is 19.1. The van der Waals surface area contributed by atoms with Crippen LogP contribution in [0.1, 0.15) is 35.5 Å². The number of hydrogen-bond acceptors (Lipinski definition) is 4. The van der Waals surface area contributed by atoms with E-state index < -0.39 is 6.10 Å². The van der Waals surface area contributed by atoms with Crippen LogP contribution in [0.5, 0.6) is 0 Å². The SMILES string of the molecule is CCc1nnc(C)cc1C(O)Cc1ccncc1Cl. The van der Waals surface area contributed by atoms with E-state index in [1.165, 1.54) is 0 Å². The van der Waals surface area contributed by atoms with Gasteiger partial charge in [0.1, 0.15) is 0 Å². The molecular weight excluding hydrogens is 262 g/mol. The second kappa shape index (κ2) is 6.08. The summed E-state index contributed by atoms with van der Waals surface area (Å²) in [7, 11) is 0. The molecule has 0 amide bonds. The number of nitrogens with zero attached hydrogens (tertiary/aromatic N) is 3. The van der Waals surface area contributed by atoms with E-state index in [0.717, 1.165) is 28.9 Å². The van der Waals surface area contributed by atoms with Crippen LogP contribution in [0.4, 0.5) is 0 Å². The molecule has 0 aliphatic rings. The molecule has 0 aromatic carbocycles. The molecule has 0 saturated carbocycles. The van der Waals surface area contributed by atoms with Gasteiger partial charge in [-0.2, -0.15) is 10.2 Å². The maximum atomic E-state index is 10.4. The molecule has 5 heteroatoms. The van der Waals surface area contributed by atoms with Gasteiger partial charge in [-0.15, -0.1) is 0 Å².